The van der Waals surface area contributed by atoms with Crippen LogP contribution in [0.25, 0.3) is 0 Å². The third kappa shape index (κ3) is 2.24. The molecule has 0 saturated carbocycles. The van der Waals surface area contributed by atoms with E-state index in [-0.39, 0.29) is 32.8 Å². The molecule has 4 N–H and O–H groups in total. The van der Waals surface area contributed by atoms with Gasteiger partial charge in [0.15, 0.2) is 0 Å². The Morgan fingerprint density at radius 2 is 0.882 bits per heavy atom. The Hall–Kier alpha value is -2.01. The van der Waals surface area contributed by atoms with Gasteiger partial charge in [-0.1, -0.05) is 23.9 Å². The smallest absolute Gasteiger partial charge is 0.133 e. The summed E-state index contributed by atoms with van der Waals surface area (Å²) in [5.74, 6) is -0.453. The minimum atomic E-state index is -0.113. The average molecular weight is 250 g/mol. The van der Waals surface area contributed by atoms with Crippen LogP contribution in [0.4, 0.5) is 0 Å². The van der Waals surface area contributed by atoms with Crippen molar-refractivity contribution in [2.45, 2.75) is 9.79 Å². The van der Waals surface area contributed by atoms with Gasteiger partial charge in [-0.15, -0.1) is 0 Å². The monoisotopic (exact) mass is 250 g/mol. The molecule has 0 saturated heterocycles. The Kier molecular flexibility index (Phi) is 3.01. The summed E-state index contributed by atoms with van der Waals surface area (Å²) < 4.78 is 0. The first-order valence-electron chi connectivity index (χ1n) is 4.79. The molecule has 0 aliphatic heterocycles. The van der Waals surface area contributed by atoms with E-state index in [0.29, 0.717) is 0 Å². The van der Waals surface area contributed by atoms with Crippen molar-refractivity contribution in [3.05, 3.63) is 36.4 Å². The molecule has 4 nitrogen and oxygen atoms in total. The normalized spacial score (nSPS) is 10.4. The third-order valence-corrected chi connectivity index (χ3v) is 3.40. The van der Waals surface area contributed by atoms with Crippen LogP contribution in [0.5, 0.6) is 23.0 Å². The predicted molar refractivity (Wildman–Crippen MR) is 63.7 cm³/mol. The van der Waals surface area contributed by atoms with E-state index in [1.165, 1.54) is 36.4 Å². The van der Waals surface area contributed by atoms with Crippen LogP contribution < -0.4 is 0 Å². The molecule has 0 radical (unpaired) electrons. The molecule has 0 aromatic heterocycles. The van der Waals surface area contributed by atoms with E-state index in [0.717, 1.165) is 11.8 Å². The standard InChI is InChI=1S/C12H10O4S/c13-7-3-1-4-8(14)11(7)17-12-9(15)5-2-6-10(12)16/h1-6,13-16H. The average Bonchev–Trinajstić information content (AvgIpc) is 2.27. The zero-order valence-corrected chi connectivity index (χ0v) is 9.48. The second-order valence-electron chi connectivity index (χ2n) is 3.35. The predicted octanol–water partition coefficient (Wildman–Crippen LogP) is 2.66. The Labute approximate surface area is 102 Å². The number of phenolic OH excluding ortho intramolecular Hbond substituents is 4. The lowest BCUT2D eigenvalue weighted by Crippen LogP contribution is -1.79. The van der Waals surface area contributed by atoms with Crippen molar-refractivity contribution in [1.82, 2.24) is 0 Å². The van der Waals surface area contributed by atoms with Gasteiger partial charge in [0.05, 0.1) is 9.79 Å². The van der Waals surface area contributed by atoms with Gasteiger partial charge in [0, 0.05) is 0 Å². The Bertz CT molecular complexity index is 464. The second-order valence-corrected chi connectivity index (χ2v) is 4.37. The molecular weight excluding hydrogens is 240 g/mol. The Balaban J connectivity index is 2.45. The van der Waals surface area contributed by atoms with Crippen LogP contribution >= 0.6 is 11.8 Å². The van der Waals surface area contributed by atoms with Crippen LogP contribution in [0.3, 0.4) is 0 Å². The lowest BCUT2D eigenvalue weighted by atomic mass is 10.3. The third-order valence-electron chi connectivity index (χ3n) is 2.15. The fourth-order valence-electron chi connectivity index (χ4n) is 1.34. The zero-order chi connectivity index (χ0) is 12.4. The maximum atomic E-state index is 9.59. The lowest BCUT2D eigenvalue weighted by molar-refractivity contribution is 0.424. The van der Waals surface area contributed by atoms with Crippen molar-refractivity contribution in [3.8, 4) is 23.0 Å². The highest BCUT2D eigenvalue weighted by molar-refractivity contribution is 7.99. The van der Waals surface area contributed by atoms with E-state index in [4.69, 9.17) is 0 Å². The largest absolute Gasteiger partial charge is 0.507 e. The van der Waals surface area contributed by atoms with Crippen molar-refractivity contribution in [3.63, 3.8) is 0 Å². The quantitative estimate of drug-likeness (QED) is 0.659. The second kappa shape index (κ2) is 4.47. The van der Waals surface area contributed by atoms with Crippen molar-refractivity contribution < 1.29 is 20.4 Å². The van der Waals surface area contributed by atoms with E-state index in [2.05, 4.69) is 0 Å². The molecule has 0 amide bonds. The van der Waals surface area contributed by atoms with Gasteiger partial charge in [-0.3, -0.25) is 0 Å². The van der Waals surface area contributed by atoms with Crippen molar-refractivity contribution in [2.75, 3.05) is 0 Å². The van der Waals surface area contributed by atoms with Crippen LogP contribution in [-0.2, 0) is 0 Å². The zero-order valence-electron chi connectivity index (χ0n) is 8.66. The summed E-state index contributed by atoms with van der Waals surface area (Å²) >= 11 is 0.894. The lowest BCUT2D eigenvalue weighted by Gasteiger charge is -2.09. The van der Waals surface area contributed by atoms with Gasteiger partial charge >= 0.3 is 0 Å². The Morgan fingerprint density at radius 3 is 1.18 bits per heavy atom. The van der Waals surface area contributed by atoms with Crippen molar-refractivity contribution in [2.24, 2.45) is 0 Å². The maximum Gasteiger partial charge on any atom is 0.133 e. The van der Waals surface area contributed by atoms with Crippen LogP contribution in [0, 0.1) is 0 Å². The van der Waals surface area contributed by atoms with E-state index in [9.17, 15) is 20.4 Å². The van der Waals surface area contributed by atoms with Gasteiger partial charge in [0.2, 0.25) is 0 Å². The summed E-state index contributed by atoms with van der Waals surface area (Å²) in [5.41, 5.74) is 0. The first-order valence-corrected chi connectivity index (χ1v) is 5.61. The number of benzene rings is 2. The number of phenols is 4. The number of aromatic hydroxyl groups is 4. The van der Waals surface area contributed by atoms with E-state index in [1.807, 2.05) is 0 Å². The molecule has 0 aliphatic carbocycles. The molecular formula is C12H10O4S. The molecule has 0 spiro atoms. The molecule has 0 fully saturated rings. The van der Waals surface area contributed by atoms with Crippen LogP contribution in [0.2, 0.25) is 0 Å². The highest BCUT2D eigenvalue weighted by Gasteiger charge is 2.14. The topological polar surface area (TPSA) is 80.9 Å². The number of hydrogen-bond donors (Lipinski definition) is 4. The van der Waals surface area contributed by atoms with E-state index in [1.54, 1.807) is 0 Å². The van der Waals surface area contributed by atoms with Gasteiger partial charge in [-0.25, -0.2) is 0 Å². The summed E-state index contributed by atoms with van der Waals surface area (Å²) in [6.07, 6.45) is 0. The first kappa shape index (κ1) is 11.5. The molecule has 0 atom stereocenters. The van der Waals surface area contributed by atoms with E-state index < -0.39 is 0 Å². The van der Waals surface area contributed by atoms with E-state index >= 15 is 0 Å². The molecule has 17 heavy (non-hydrogen) atoms. The molecule has 88 valence electrons. The minimum Gasteiger partial charge on any atom is -0.507 e. The van der Waals surface area contributed by atoms with Gasteiger partial charge in [-0.05, 0) is 24.3 Å². The number of rotatable bonds is 2. The molecule has 2 aromatic rings. The first-order chi connectivity index (χ1) is 8.09. The van der Waals surface area contributed by atoms with Crippen molar-refractivity contribution in [1.29, 1.82) is 0 Å². The maximum absolute atomic E-state index is 9.59. The van der Waals surface area contributed by atoms with Gasteiger partial charge in [0.25, 0.3) is 0 Å². The molecule has 2 rings (SSSR count). The molecule has 0 bridgehead atoms. The highest BCUT2D eigenvalue weighted by atomic mass is 32.2. The van der Waals surface area contributed by atoms with Crippen LogP contribution in [0.15, 0.2) is 46.2 Å². The molecule has 5 heteroatoms. The van der Waals surface area contributed by atoms with Crippen molar-refractivity contribution >= 4 is 11.8 Å². The SMILES string of the molecule is Oc1cccc(O)c1Sc1c(O)cccc1O. The molecule has 0 heterocycles. The molecule has 0 unspecified atom stereocenters. The van der Waals surface area contributed by atoms with Gasteiger partial charge in [-0.2, -0.15) is 0 Å². The summed E-state index contributed by atoms with van der Waals surface area (Å²) in [4.78, 5) is 0.369. The van der Waals surface area contributed by atoms with Gasteiger partial charge < -0.3 is 20.4 Å². The summed E-state index contributed by atoms with van der Waals surface area (Å²) in [6.45, 7) is 0. The number of hydrogen-bond acceptors (Lipinski definition) is 5. The fraction of sp³-hybridized carbons (Fsp3) is 0. The summed E-state index contributed by atoms with van der Waals surface area (Å²) in [5, 5.41) is 38.4. The molecule has 0 aliphatic rings. The highest BCUT2D eigenvalue weighted by Crippen LogP contribution is 2.46. The minimum absolute atomic E-state index is 0.113. The fourth-order valence-corrected chi connectivity index (χ4v) is 2.23. The Morgan fingerprint density at radius 1 is 0.588 bits per heavy atom. The summed E-state index contributed by atoms with van der Waals surface area (Å²) in [7, 11) is 0. The van der Waals surface area contributed by atoms with Crippen LogP contribution in [-0.4, -0.2) is 20.4 Å². The van der Waals surface area contributed by atoms with Crippen LogP contribution in [0.1, 0.15) is 0 Å². The molecule has 2 aromatic carbocycles. The van der Waals surface area contributed by atoms with Gasteiger partial charge in [0.1, 0.15) is 23.0 Å². The summed E-state index contributed by atoms with van der Waals surface area (Å²) in [6, 6.07) is 8.66.